The lowest BCUT2D eigenvalue weighted by molar-refractivity contribution is -0.913. The number of methoxy groups -OCH3 is 1. The van der Waals surface area contributed by atoms with Crippen molar-refractivity contribution < 1.29 is 27.5 Å². The van der Waals surface area contributed by atoms with Crippen LogP contribution in [0.1, 0.15) is 13.3 Å². The zero-order chi connectivity index (χ0) is 20.9. The highest BCUT2D eigenvalue weighted by molar-refractivity contribution is 7.92. The standard InChI is InChI=1S/C18H30N4O5S/c1-14(23)19-16-12-17(24)15(13-18(16)27-4)20-28(25,26)11-5-8-22(3)9-6-21(2)7-10-22/h12-13,20H,5-11H2,1-4H3,(H-,19,23,24)/p+1. The van der Waals surface area contributed by atoms with Crippen LogP contribution >= 0.6 is 0 Å². The van der Waals surface area contributed by atoms with Crippen molar-refractivity contribution in [1.82, 2.24) is 4.90 Å². The molecule has 0 spiro atoms. The lowest BCUT2D eigenvalue weighted by Gasteiger charge is -2.41. The predicted octanol–water partition coefficient (Wildman–Crippen LogP) is 0.883. The second-order valence-corrected chi connectivity index (χ2v) is 9.46. The highest BCUT2D eigenvalue weighted by Crippen LogP contribution is 2.36. The monoisotopic (exact) mass is 415 g/mol. The number of carbonyl (C=O) groups is 1. The quantitative estimate of drug-likeness (QED) is 0.430. The molecular formula is C18H31N4O5S+. The summed E-state index contributed by atoms with van der Waals surface area (Å²) in [6, 6.07) is 2.61. The Kier molecular flexibility index (Phi) is 7.13. The summed E-state index contributed by atoms with van der Waals surface area (Å²) in [6.45, 7) is 6.15. The SMILES string of the molecule is COc1cc(NS(=O)(=O)CCC[N+]2(C)CCN(C)CC2)c(O)cc1NC(C)=O. The molecule has 1 heterocycles. The molecule has 1 fully saturated rings. The second-order valence-electron chi connectivity index (χ2n) is 7.62. The molecule has 158 valence electrons. The van der Waals surface area contributed by atoms with Crippen molar-refractivity contribution in [2.75, 3.05) is 69.7 Å². The van der Waals surface area contributed by atoms with E-state index in [0.717, 1.165) is 37.2 Å². The van der Waals surface area contributed by atoms with Gasteiger partial charge in [0.2, 0.25) is 15.9 Å². The third-order valence-corrected chi connectivity index (χ3v) is 6.41. The number of phenolic OH excluding ortho intramolecular Hbond substituents is 1. The van der Waals surface area contributed by atoms with E-state index in [1.165, 1.54) is 26.2 Å². The average molecular weight is 416 g/mol. The first kappa shape index (κ1) is 22.3. The third kappa shape index (κ3) is 6.25. The van der Waals surface area contributed by atoms with Crippen molar-refractivity contribution in [3.05, 3.63) is 12.1 Å². The van der Waals surface area contributed by atoms with Crippen LogP contribution in [0.3, 0.4) is 0 Å². The minimum atomic E-state index is -3.63. The van der Waals surface area contributed by atoms with E-state index in [-0.39, 0.29) is 34.5 Å². The number of benzene rings is 1. The maximum Gasteiger partial charge on any atom is 0.233 e. The zero-order valence-corrected chi connectivity index (χ0v) is 17.8. The first-order chi connectivity index (χ1) is 13.0. The van der Waals surface area contributed by atoms with Crippen molar-refractivity contribution in [2.24, 2.45) is 0 Å². The zero-order valence-electron chi connectivity index (χ0n) is 17.0. The molecule has 9 nitrogen and oxygen atoms in total. The number of amides is 1. The van der Waals surface area contributed by atoms with Crippen molar-refractivity contribution in [1.29, 1.82) is 0 Å². The average Bonchev–Trinajstić information content (AvgIpc) is 2.59. The molecule has 2 rings (SSSR count). The van der Waals surface area contributed by atoms with E-state index < -0.39 is 10.0 Å². The highest BCUT2D eigenvalue weighted by atomic mass is 32.2. The van der Waals surface area contributed by atoms with E-state index in [4.69, 9.17) is 4.74 Å². The van der Waals surface area contributed by atoms with E-state index in [0.29, 0.717) is 6.42 Å². The van der Waals surface area contributed by atoms with Crippen LogP contribution in [-0.4, -0.2) is 88.5 Å². The number of rotatable bonds is 8. The number of anilines is 2. The Morgan fingerprint density at radius 3 is 2.50 bits per heavy atom. The van der Waals surface area contributed by atoms with Crippen LogP contribution < -0.4 is 14.8 Å². The Morgan fingerprint density at radius 2 is 1.93 bits per heavy atom. The second kappa shape index (κ2) is 8.97. The number of sulfonamides is 1. The smallest absolute Gasteiger partial charge is 0.233 e. The van der Waals surface area contributed by atoms with Crippen LogP contribution in [0.25, 0.3) is 0 Å². The summed E-state index contributed by atoms with van der Waals surface area (Å²) in [5.41, 5.74) is 0.286. The van der Waals surface area contributed by atoms with Crippen LogP contribution in [0.2, 0.25) is 0 Å². The summed E-state index contributed by atoms with van der Waals surface area (Å²) >= 11 is 0. The molecule has 1 amide bonds. The van der Waals surface area contributed by atoms with Gasteiger partial charge in [-0.1, -0.05) is 0 Å². The number of aromatic hydroxyl groups is 1. The molecular weight excluding hydrogens is 384 g/mol. The van der Waals surface area contributed by atoms with E-state index in [1.54, 1.807) is 0 Å². The number of quaternary nitrogens is 1. The summed E-state index contributed by atoms with van der Waals surface area (Å²) in [5, 5.41) is 12.7. The Labute approximate surface area is 166 Å². The van der Waals surface area contributed by atoms with Gasteiger partial charge in [0.15, 0.2) is 0 Å². The van der Waals surface area contributed by atoms with Crippen molar-refractivity contribution in [3.63, 3.8) is 0 Å². The number of phenols is 1. The Bertz CT molecular complexity index is 804. The molecule has 1 aliphatic rings. The molecule has 1 aromatic carbocycles. The molecule has 0 radical (unpaired) electrons. The highest BCUT2D eigenvalue weighted by Gasteiger charge is 2.27. The number of nitrogens with one attached hydrogen (secondary N) is 2. The molecule has 0 aliphatic carbocycles. The number of hydrogen-bond acceptors (Lipinski definition) is 6. The van der Waals surface area contributed by atoms with Gasteiger partial charge < -0.3 is 19.6 Å². The lowest BCUT2D eigenvalue weighted by Crippen LogP contribution is -2.56. The maximum atomic E-state index is 12.5. The van der Waals surface area contributed by atoms with Gasteiger partial charge in [-0.2, -0.15) is 0 Å². The number of carbonyl (C=O) groups excluding carboxylic acids is 1. The molecule has 1 aromatic rings. The lowest BCUT2D eigenvalue weighted by atomic mass is 10.2. The topological polar surface area (TPSA) is 108 Å². The number of ether oxygens (including phenoxy) is 1. The third-order valence-electron chi connectivity index (χ3n) is 5.05. The van der Waals surface area contributed by atoms with Crippen LogP contribution in [-0.2, 0) is 14.8 Å². The number of hydrogen-bond donors (Lipinski definition) is 3. The number of likely N-dealkylation sites (N-methyl/N-ethyl adjacent to an activating group) is 2. The van der Waals surface area contributed by atoms with E-state index in [1.807, 2.05) is 0 Å². The van der Waals surface area contributed by atoms with Crippen LogP contribution in [0.15, 0.2) is 12.1 Å². The Hall–Kier alpha value is -2.04. The van der Waals surface area contributed by atoms with E-state index >= 15 is 0 Å². The normalized spacial score (nSPS) is 17.1. The van der Waals surface area contributed by atoms with Gasteiger partial charge in [-0.25, -0.2) is 8.42 Å². The molecule has 0 unspecified atom stereocenters. The minimum absolute atomic E-state index is 0.0194. The summed E-state index contributed by atoms with van der Waals surface area (Å²) in [5.74, 6) is -0.398. The van der Waals surface area contributed by atoms with Gasteiger partial charge in [0.25, 0.3) is 0 Å². The van der Waals surface area contributed by atoms with Crippen molar-refractivity contribution in [3.8, 4) is 11.5 Å². The largest absolute Gasteiger partial charge is 0.506 e. The Balaban J connectivity index is 2.00. The number of nitrogens with zero attached hydrogens (tertiary/aromatic N) is 2. The summed E-state index contributed by atoms with van der Waals surface area (Å²) in [7, 11) is 2.02. The molecule has 1 aliphatic heterocycles. The first-order valence-electron chi connectivity index (χ1n) is 9.25. The fourth-order valence-corrected chi connectivity index (χ4v) is 4.34. The molecule has 28 heavy (non-hydrogen) atoms. The van der Waals surface area contributed by atoms with E-state index in [2.05, 4.69) is 29.0 Å². The van der Waals surface area contributed by atoms with Crippen molar-refractivity contribution in [2.45, 2.75) is 13.3 Å². The van der Waals surface area contributed by atoms with Gasteiger partial charge in [0.05, 0.1) is 50.9 Å². The fraction of sp³-hybridized carbons (Fsp3) is 0.611. The van der Waals surface area contributed by atoms with Gasteiger partial charge in [0, 0.05) is 38.6 Å². The first-order valence-corrected chi connectivity index (χ1v) is 10.9. The Morgan fingerprint density at radius 1 is 1.29 bits per heavy atom. The van der Waals surface area contributed by atoms with Crippen molar-refractivity contribution >= 4 is 27.3 Å². The van der Waals surface area contributed by atoms with Crippen LogP contribution in [0, 0.1) is 0 Å². The van der Waals surface area contributed by atoms with Gasteiger partial charge in [-0.15, -0.1) is 0 Å². The van der Waals surface area contributed by atoms with Gasteiger partial charge in [-0.3, -0.25) is 14.4 Å². The number of piperazine rings is 1. The van der Waals surface area contributed by atoms with Crippen LogP contribution in [0.5, 0.6) is 11.5 Å². The predicted molar refractivity (Wildman–Crippen MR) is 109 cm³/mol. The van der Waals surface area contributed by atoms with E-state index in [9.17, 15) is 18.3 Å². The molecule has 0 saturated carbocycles. The molecule has 0 bridgehead atoms. The van der Waals surface area contributed by atoms with Gasteiger partial charge >= 0.3 is 0 Å². The molecule has 3 N–H and O–H groups in total. The molecule has 1 saturated heterocycles. The van der Waals surface area contributed by atoms with Crippen LogP contribution in [0.4, 0.5) is 11.4 Å². The molecule has 10 heteroatoms. The van der Waals surface area contributed by atoms with Gasteiger partial charge in [0.1, 0.15) is 11.5 Å². The fourth-order valence-electron chi connectivity index (χ4n) is 3.23. The summed E-state index contributed by atoms with van der Waals surface area (Å²) in [6.07, 6.45) is 0.525. The maximum absolute atomic E-state index is 12.5. The minimum Gasteiger partial charge on any atom is -0.506 e. The summed E-state index contributed by atoms with van der Waals surface area (Å²) < 4.78 is 33.4. The van der Waals surface area contributed by atoms with Gasteiger partial charge in [-0.05, 0) is 7.05 Å². The molecule has 0 atom stereocenters. The molecule has 0 aromatic heterocycles. The summed E-state index contributed by atoms with van der Waals surface area (Å²) in [4.78, 5) is 13.5.